The van der Waals surface area contributed by atoms with Crippen molar-refractivity contribution in [2.24, 2.45) is 0 Å². The van der Waals surface area contributed by atoms with Crippen LogP contribution in [0.2, 0.25) is 0 Å². The second kappa shape index (κ2) is 6.20. The van der Waals surface area contributed by atoms with Crippen LogP contribution in [0.25, 0.3) is 5.69 Å². The number of halogens is 2. The van der Waals surface area contributed by atoms with Crippen molar-refractivity contribution in [2.45, 2.75) is 41.8 Å². The normalized spacial score (nSPS) is 21.2. The summed E-state index contributed by atoms with van der Waals surface area (Å²) in [5.41, 5.74) is 0.646. The molecular weight excluding hydrogens is 396 g/mol. The zero-order valence-corrected chi connectivity index (χ0v) is 15.5. The molecule has 3 aliphatic carbocycles. The highest BCUT2D eigenvalue weighted by Crippen LogP contribution is 2.56. The van der Waals surface area contributed by atoms with Gasteiger partial charge in [-0.05, 0) is 37.0 Å². The molecule has 5 rings (SSSR count). The highest BCUT2D eigenvalue weighted by Gasteiger charge is 2.45. The highest BCUT2D eigenvalue weighted by atomic mass is 32.2. The van der Waals surface area contributed by atoms with Crippen LogP contribution in [0.4, 0.5) is 8.78 Å². The maximum atomic E-state index is 13.0. The number of carbonyl (C=O) groups excluding carboxylic acids is 1. The van der Waals surface area contributed by atoms with Crippen LogP contribution < -0.4 is 4.74 Å². The molecule has 28 heavy (non-hydrogen) atoms. The summed E-state index contributed by atoms with van der Waals surface area (Å²) in [7, 11) is -3.62. The molecule has 150 valence electrons. The fourth-order valence-electron chi connectivity index (χ4n) is 4.25. The minimum absolute atomic E-state index is 0.0304. The molecule has 7 nitrogen and oxygen atoms in total. The Kier molecular flexibility index (Phi) is 4.14. The Balaban J connectivity index is 1.98. The van der Waals surface area contributed by atoms with E-state index in [1.807, 2.05) is 0 Å². The molecule has 1 heterocycles. The number of sulfone groups is 1. The second-order valence-corrected chi connectivity index (χ2v) is 8.86. The number of hydrogen-bond acceptors (Lipinski definition) is 6. The van der Waals surface area contributed by atoms with Gasteiger partial charge in [0.15, 0.2) is 0 Å². The Morgan fingerprint density at radius 3 is 2.46 bits per heavy atom. The summed E-state index contributed by atoms with van der Waals surface area (Å²) in [5, 5.41) is 21.5. The SMILES string of the molecule is COc1ccc(S(=O)(=O)C(F)F)cc1-n1c(O)c2c(c1O)[C@@H]1CC[C@H]2CC1=O. The number of aromatic hydroxyl groups is 2. The molecule has 0 unspecified atom stereocenters. The first kappa shape index (κ1) is 18.7. The van der Waals surface area contributed by atoms with E-state index in [2.05, 4.69) is 0 Å². The Labute approximate surface area is 159 Å². The predicted octanol–water partition coefficient (Wildman–Crippen LogP) is 2.83. The van der Waals surface area contributed by atoms with Gasteiger partial charge in [-0.1, -0.05) is 0 Å². The van der Waals surface area contributed by atoms with Crippen molar-refractivity contribution in [3.63, 3.8) is 0 Å². The largest absolute Gasteiger partial charge is 0.495 e. The van der Waals surface area contributed by atoms with Crippen molar-refractivity contribution < 1.29 is 36.9 Å². The Morgan fingerprint density at radius 2 is 1.86 bits per heavy atom. The van der Waals surface area contributed by atoms with Crippen molar-refractivity contribution >= 4 is 15.6 Å². The topological polar surface area (TPSA) is 106 Å². The zero-order chi connectivity index (χ0) is 20.4. The summed E-state index contributed by atoms with van der Waals surface area (Å²) < 4.78 is 55.8. The molecule has 2 N–H and O–H groups in total. The number of nitrogens with zero attached hydrogens (tertiary/aromatic N) is 1. The molecule has 1 aromatic heterocycles. The number of aromatic nitrogens is 1. The minimum atomic E-state index is -4.90. The third-order valence-corrected chi connectivity index (χ3v) is 6.93. The first-order chi connectivity index (χ1) is 13.2. The van der Waals surface area contributed by atoms with Crippen LogP contribution in [0.1, 0.15) is 42.2 Å². The van der Waals surface area contributed by atoms with Crippen molar-refractivity contribution in [3.05, 3.63) is 29.3 Å². The van der Waals surface area contributed by atoms with Crippen LogP contribution in [0.5, 0.6) is 17.5 Å². The fraction of sp³-hybridized carbons (Fsp3) is 0.389. The van der Waals surface area contributed by atoms with Crippen molar-refractivity contribution in [1.29, 1.82) is 0 Å². The van der Waals surface area contributed by atoms with Gasteiger partial charge in [-0.3, -0.25) is 4.79 Å². The molecule has 0 aliphatic heterocycles. The molecule has 1 saturated carbocycles. The highest BCUT2D eigenvalue weighted by molar-refractivity contribution is 7.91. The number of ether oxygens (including phenoxy) is 1. The standard InChI is InChI=1S/C18H17F2NO6S/c1-27-13-5-3-9(28(25,26)18(19)20)7-11(13)21-16(23)14-8-2-4-10(12(22)6-8)15(14)17(21)24/h3,5,7-8,10,18,23-24H,2,4,6H2,1H3/t8-,10+/m0/s1. The maximum absolute atomic E-state index is 13.0. The van der Waals surface area contributed by atoms with Crippen molar-refractivity contribution in [2.75, 3.05) is 7.11 Å². The van der Waals surface area contributed by atoms with Gasteiger partial charge in [0.2, 0.25) is 21.6 Å². The van der Waals surface area contributed by atoms with E-state index in [0.717, 1.165) is 16.7 Å². The van der Waals surface area contributed by atoms with Gasteiger partial charge in [0.05, 0.1) is 17.7 Å². The van der Waals surface area contributed by atoms with Gasteiger partial charge in [0, 0.05) is 23.5 Å². The number of alkyl halides is 2. The average Bonchev–Trinajstić information content (AvgIpc) is 2.93. The summed E-state index contributed by atoms with van der Waals surface area (Å²) >= 11 is 0. The smallest absolute Gasteiger partial charge is 0.341 e. The summed E-state index contributed by atoms with van der Waals surface area (Å²) in [6, 6.07) is 3.05. The lowest BCUT2D eigenvalue weighted by molar-refractivity contribution is -0.123. The van der Waals surface area contributed by atoms with E-state index in [9.17, 15) is 32.2 Å². The third kappa shape index (κ3) is 2.43. The van der Waals surface area contributed by atoms with Crippen molar-refractivity contribution in [1.82, 2.24) is 4.57 Å². The number of Topliss-reactive ketones (excluding diaryl/α,β-unsaturated/α-hetero) is 1. The molecule has 3 aliphatic rings. The van der Waals surface area contributed by atoms with Gasteiger partial charge in [-0.25, -0.2) is 13.0 Å². The second-order valence-electron chi connectivity index (χ2n) is 6.95. The van der Waals surface area contributed by atoms with Gasteiger partial charge in [0.25, 0.3) is 0 Å². The number of rotatable bonds is 4. The molecule has 0 radical (unpaired) electrons. The minimum Gasteiger partial charge on any atom is -0.495 e. The van der Waals surface area contributed by atoms with Gasteiger partial charge in [-0.15, -0.1) is 0 Å². The summed E-state index contributed by atoms with van der Waals surface area (Å²) in [5.74, 6) is -5.16. The van der Waals surface area contributed by atoms with Crippen LogP contribution in [0.15, 0.2) is 23.1 Å². The lowest BCUT2D eigenvalue weighted by Gasteiger charge is -2.34. The lowest BCUT2D eigenvalue weighted by atomic mass is 9.67. The van der Waals surface area contributed by atoms with E-state index >= 15 is 0 Å². The Morgan fingerprint density at radius 1 is 1.18 bits per heavy atom. The fourth-order valence-corrected chi connectivity index (χ4v) is 4.99. The van der Waals surface area contributed by atoms with Crippen LogP contribution in [-0.4, -0.2) is 41.8 Å². The summed E-state index contributed by atoms with van der Waals surface area (Å²) in [4.78, 5) is 11.5. The van der Waals surface area contributed by atoms with E-state index in [4.69, 9.17) is 4.74 Å². The van der Waals surface area contributed by atoms with Gasteiger partial charge >= 0.3 is 5.76 Å². The summed E-state index contributed by atoms with van der Waals surface area (Å²) in [6.45, 7) is 0. The van der Waals surface area contributed by atoms with Crippen LogP contribution >= 0.6 is 0 Å². The predicted molar refractivity (Wildman–Crippen MR) is 93.2 cm³/mol. The Bertz CT molecular complexity index is 1090. The van der Waals surface area contributed by atoms with Gasteiger partial charge in [-0.2, -0.15) is 8.78 Å². The monoisotopic (exact) mass is 413 g/mol. The van der Waals surface area contributed by atoms with Crippen LogP contribution in [0.3, 0.4) is 0 Å². The number of benzene rings is 1. The quantitative estimate of drug-likeness (QED) is 0.799. The zero-order valence-electron chi connectivity index (χ0n) is 14.7. The lowest BCUT2D eigenvalue weighted by Crippen LogP contribution is -2.28. The molecule has 1 fully saturated rings. The van der Waals surface area contributed by atoms with Gasteiger partial charge in [0.1, 0.15) is 11.5 Å². The molecule has 2 atom stereocenters. The van der Waals surface area contributed by atoms with E-state index in [0.29, 0.717) is 24.0 Å². The molecule has 0 saturated heterocycles. The average molecular weight is 413 g/mol. The van der Waals surface area contributed by atoms with E-state index < -0.39 is 32.3 Å². The third-order valence-electron chi connectivity index (χ3n) is 5.55. The Hall–Kier alpha value is -2.62. The molecular formula is C18H17F2NO6S. The molecule has 0 amide bonds. The molecule has 2 bridgehead atoms. The maximum Gasteiger partial charge on any atom is 0.341 e. The molecule has 0 spiro atoms. The molecule has 1 aromatic carbocycles. The molecule has 10 heteroatoms. The van der Waals surface area contributed by atoms with E-state index in [-0.39, 0.29) is 35.4 Å². The van der Waals surface area contributed by atoms with Crippen LogP contribution in [-0.2, 0) is 14.6 Å². The summed E-state index contributed by atoms with van der Waals surface area (Å²) in [6.07, 6.45) is 1.48. The number of carbonyl (C=O) groups is 1. The van der Waals surface area contributed by atoms with E-state index in [1.165, 1.54) is 13.2 Å². The van der Waals surface area contributed by atoms with Gasteiger partial charge < -0.3 is 14.9 Å². The number of ketones is 1. The molecule has 2 aromatic rings. The number of fused-ring (bicyclic) bond motifs is 2. The number of methoxy groups -OCH3 is 1. The first-order valence-corrected chi connectivity index (χ1v) is 10.1. The van der Waals surface area contributed by atoms with Crippen molar-refractivity contribution in [3.8, 4) is 23.2 Å². The van der Waals surface area contributed by atoms with E-state index in [1.54, 1.807) is 0 Å². The first-order valence-electron chi connectivity index (χ1n) is 8.58. The van der Waals surface area contributed by atoms with Crippen LogP contribution in [0, 0.1) is 0 Å². The number of hydrogen-bond donors (Lipinski definition) is 2.